The number of primary amides is 1. The topological polar surface area (TPSA) is 113 Å². The van der Waals surface area contributed by atoms with Gasteiger partial charge in [0.1, 0.15) is 5.82 Å². The van der Waals surface area contributed by atoms with Crippen LogP contribution in [0.3, 0.4) is 0 Å². The zero-order valence-electron chi connectivity index (χ0n) is 13.7. The first-order valence-corrected chi connectivity index (χ1v) is 7.97. The Morgan fingerprint density at radius 2 is 2.26 bits per heavy atom. The second-order valence-electron chi connectivity index (χ2n) is 6.10. The van der Waals surface area contributed by atoms with Crippen molar-refractivity contribution < 1.29 is 9.90 Å². The van der Waals surface area contributed by atoms with Gasteiger partial charge in [-0.05, 0) is 31.6 Å². The van der Waals surface area contributed by atoms with Crippen LogP contribution in [-0.4, -0.2) is 33.1 Å². The lowest BCUT2D eigenvalue weighted by atomic mass is 9.85. The van der Waals surface area contributed by atoms with Gasteiger partial charge in [0.15, 0.2) is 0 Å². The van der Waals surface area contributed by atoms with E-state index in [4.69, 9.17) is 5.73 Å². The molecule has 3 atom stereocenters. The molecule has 0 aromatic carbocycles. The summed E-state index contributed by atoms with van der Waals surface area (Å²) < 4.78 is 0. The normalized spacial score (nSPS) is 24.0. The van der Waals surface area contributed by atoms with Gasteiger partial charge in [-0.25, -0.2) is 4.98 Å². The fraction of sp³-hybridized carbons (Fsp3) is 0.562. The number of nitrogens with two attached hydrogens (primary N) is 1. The highest BCUT2D eigenvalue weighted by atomic mass is 16.3. The average molecular weight is 319 g/mol. The maximum Gasteiger partial charge on any atom is 0.254 e. The molecular formula is C16H25N5O2. The van der Waals surface area contributed by atoms with Gasteiger partial charge in [-0.2, -0.15) is 4.98 Å². The van der Waals surface area contributed by atoms with E-state index >= 15 is 0 Å². The molecule has 5 N–H and O–H groups in total. The summed E-state index contributed by atoms with van der Waals surface area (Å²) in [6.07, 6.45) is 4.26. The third-order valence-corrected chi connectivity index (χ3v) is 4.26. The van der Waals surface area contributed by atoms with E-state index in [2.05, 4.69) is 27.2 Å². The number of nitrogens with one attached hydrogen (secondary N) is 2. The molecule has 1 amide bonds. The van der Waals surface area contributed by atoms with Gasteiger partial charge < -0.3 is 21.5 Å². The van der Waals surface area contributed by atoms with Gasteiger partial charge in [-0.3, -0.25) is 4.79 Å². The van der Waals surface area contributed by atoms with Crippen LogP contribution >= 0.6 is 0 Å². The number of hydrogen-bond donors (Lipinski definition) is 4. The van der Waals surface area contributed by atoms with Crippen molar-refractivity contribution in [3.8, 4) is 0 Å². The molecule has 7 heteroatoms. The van der Waals surface area contributed by atoms with Crippen molar-refractivity contribution in [1.82, 2.24) is 9.97 Å². The minimum absolute atomic E-state index is 0.0522. The predicted octanol–water partition coefficient (Wildman–Crippen LogP) is 1.87. The summed E-state index contributed by atoms with van der Waals surface area (Å²) in [6.45, 7) is 7.86. The van der Waals surface area contributed by atoms with Gasteiger partial charge in [0.05, 0.1) is 11.7 Å². The summed E-state index contributed by atoms with van der Waals surface area (Å²) in [5, 5.41) is 16.2. The van der Waals surface area contributed by atoms with Crippen LogP contribution < -0.4 is 16.4 Å². The molecule has 1 heterocycles. The summed E-state index contributed by atoms with van der Waals surface area (Å²) >= 11 is 0. The molecule has 126 valence electrons. The van der Waals surface area contributed by atoms with Crippen LogP contribution in [0.25, 0.3) is 0 Å². The molecule has 2 rings (SSSR count). The van der Waals surface area contributed by atoms with Crippen molar-refractivity contribution in [2.24, 2.45) is 11.7 Å². The van der Waals surface area contributed by atoms with Crippen molar-refractivity contribution in [2.45, 2.75) is 51.7 Å². The molecule has 0 unspecified atom stereocenters. The van der Waals surface area contributed by atoms with E-state index in [0.29, 0.717) is 24.1 Å². The maximum atomic E-state index is 11.6. The number of carbonyl (C=O) groups excluding carboxylic acids is 1. The van der Waals surface area contributed by atoms with Crippen molar-refractivity contribution in [1.29, 1.82) is 0 Å². The molecule has 0 bridgehead atoms. The van der Waals surface area contributed by atoms with E-state index in [9.17, 15) is 9.90 Å². The van der Waals surface area contributed by atoms with Gasteiger partial charge in [0.2, 0.25) is 5.95 Å². The molecule has 1 aromatic heterocycles. The van der Waals surface area contributed by atoms with E-state index in [1.54, 1.807) is 0 Å². The average Bonchev–Trinajstić information content (AvgIpc) is 2.50. The Balaban J connectivity index is 2.18. The number of aromatic nitrogens is 2. The minimum atomic E-state index is -0.585. The van der Waals surface area contributed by atoms with Crippen LogP contribution in [0.2, 0.25) is 0 Å². The summed E-state index contributed by atoms with van der Waals surface area (Å²) in [5.41, 5.74) is 6.42. The Hall–Kier alpha value is -2.15. The molecule has 0 spiro atoms. The lowest BCUT2D eigenvalue weighted by Crippen LogP contribution is -2.35. The molecule has 0 saturated heterocycles. The van der Waals surface area contributed by atoms with Gasteiger partial charge in [-0.1, -0.05) is 20.4 Å². The highest BCUT2D eigenvalue weighted by Crippen LogP contribution is 2.27. The number of amides is 1. The molecule has 1 aromatic rings. The third kappa shape index (κ3) is 4.41. The first-order chi connectivity index (χ1) is 10.9. The van der Waals surface area contributed by atoms with Crippen LogP contribution in [0, 0.1) is 5.92 Å². The van der Waals surface area contributed by atoms with E-state index in [-0.39, 0.29) is 17.7 Å². The molecule has 0 radical (unpaired) electrons. The van der Waals surface area contributed by atoms with Crippen LogP contribution in [-0.2, 0) is 0 Å². The quantitative estimate of drug-likeness (QED) is 0.636. The first-order valence-electron chi connectivity index (χ1n) is 7.97. The zero-order valence-corrected chi connectivity index (χ0v) is 13.7. The van der Waals surface area contributed by atoms with Crippen molar-refractivity contribution >= 4 is 17.7 Å². The van der Waals surface area contributed by atoms with E-state index in [1.165, 1.54) is 6.20 Å². The molecule has 7 nitrogen and oxygen atoms in total. The fourth-order valence-electron chi connectivity index (χ4n) is 2.60. The molecule has 0 aliphatic heterocycles. The standard InChI is InChI=1S/C16H25N5O2/c1-4-10(3)19-16-18-8-12(14(17)23)15(21-16)20-11-6-5-9(2)13(22)7-11/h8-9,11,13,22H,3-7H2,1-2H3,(H2,17,23)(H2,18,19,20,21)/t9-,11-,13-/m1/s1. The molecule has 1 saturated carbocycles. The summed E-state index contributed by atoms with van der Waals surface area (Å²) in [5.74, 6) is 0.469. The lowest BCUT2D eigenvalue weighted by Gasteiger charge is -2.32. The van der Waals surface area contributed by atoms with Gasteiger partial charge in [0.25, 0.3) is 5.91 Å². The molecule has 1 fully saturated rings. The Morgan fingerprint density at radius 3 is 2.87 bits per heavy atom. The Bertz CT molecular complexity index is 590. The number of anilines is 2. The van der Waals surface area contributed by atoms with Gasteiger partial charge in [-0.15, -0.1) is 0 Å². The zero-order chi connectivity index (χ0) is 17.0. The number of nitrogens with zero attached hydrogens (tertiary/aromatic N) is 2. The number of aliphatic hydroxyl groups excluding tert-OH is 1. The van der Waals surface area contributed by atoms with Crippen LogP contribution in [0.1, 0.15) is 49.9 Å². The first kappa shape index (κ1) is 17.2. The lowest BCUT2D eigenvalue weighted by molar-refractivity contribution is 0.0739. The molecular weight excluding hydrogens is 294 g/mol. The van der Waals surface area contributed by atoms with E-state index < -0.39 is 5.91 Å². The number of carbonyl (C=O) groups is 1. The number of aliphatic hydroxyl groups is 1. The Morgan fingerprint density at radius 1 is 1.52 bits per heavy atom. The summed E-state index contributed by atoms with van der Waals surface area (Å²) in [4.78, 5) is 20.0. The molecule has 1 aliphatic carbocycles. The van der Waals surface area contributed by atoms with Gasteiger partial charge in [0, 0.05) is 17.9 Å². The Kier molecular flexibility index (Phi) is 5.54. The second-order valence-corrected chi connectivity index (χ2v) is 6.10. The Labute approximate surface area is 136 Å². The SMILES string of the molecule is C=C(CC)Nc1ncc(C(N)=O)c(N[C@@H]2CC[C@@H](C)[C@H](O)C2)n1. The van der Waals surface area contributed by atoms with Crippen LogP contribution in [0.15, 0.2) is 18.5 Å². The number of rotatable bonds is 6. The molecule has 23 heavy (non-hydrogen) atoms. The van der Waals surface area contributed by atoms with E-state index in [0.717, 1.165) is 25.0 Å². The highest BCUT2D eigenvalue weighted by molar-refractivity contribution is 5.97. The van der Waals surface area contributed by atoms with Crippen molar-refractivity contribution in [3.05, 3.63) is 24.0 Å². The van der Waals surface area contributed by atoms with Crippen LogP contribution in [0.4, 0.5) is 11.8 Å². The van der Waals surface area contributed by atoms with E-state index in [1.807, 2.05) is 13.8 Å². The third-order valence-electron chi connectivity index (χ3n) is 4.26. The number of hydrogen-bond acceptors (Lipinski definition) is 6. The summed E-state index contributed by atoms with van der Waals surface area (Å²) in [6, 6.07) is 0.0522. The monoisotopic (exact) mass is 319 g/mol. The maximum absolute atomic E-state index is 11.6. The summed E-state index contributed by atoms with van der Waals surface area (Å²) in [7, 11) is 0. The smallest absolute Gasteiger partial charge is 0.254 e. The second kappa shape index (κ2) is 7.41. The highest BCUT2D eigenvalue weighted by Gasteiger charge is 2.27. The van der Waals surface area contributed by atoms with Gasteiger partial charge >= 0.3 is 0 Å². The van der Waals surface area contributed by atoms with Crippen LogP contribution in [0.5, 0.6) is 0 Å². The predicted molar refractivity (Wildman–Crippen MR) is 90.0 cm³/mol. The largest absolute Gasteiger partial charge is 0.393 e. The van der Waals surface area contributed by atoms with Crippen molar-refractivity contribution in [2.75, 3.05) is 10.6 Å². The fourth-order valence-corrected chi connectivity index (χ4v) is 2.60. The molecule has 1 aliphatic rings. The minimum Gasteiger partial charge on any atom is -0.393 e. The van der Waals surface area contributed by atoms with Crippen molar-refractivity contribution in [3.63, 3.8) is 0 Å². The number of allylic oxidation sites excluding steroid dienone is 1.